The predicted molar refractivity (Wildman–Crippen MR) is 63.7 cm³/mol. The molecule has 0 aromatic heterocycles. The second-order valence-corrected chi connectivity index (χ2v) is 4.73. The summed E-state index contributed by atoms with van der Waals surface area (Å²) in [5, 5.41) is 19.9. The van der Waals surface area contributed by atoms with Crippen LogP contribution in [0.5, 0.6) is 0 Å². The first-order valence-electron chi connectivity index (χ1n) is 5.02. The summed E-state index contributed by atoms with van der Waals surface area (Å²) in [5.41, 5.74) is -0.488. The Morgan fingerprint density at radius 3 is 2.67 bits per heavy atom. The molecule has 0 aliphatic carbocycles. The Balaban J connectivity index is 2.46. The van der Waals surface area contributed by atoms with E-state index in [1.165, 1.54) is 0 Å². The van der Waals surface area contributed by atoms with E-state index in [1.807, 2.05) is 0 Å². The van der Waals surface area contributed by atoms with Crippen molar-refractivity contribution < 1.29 is 19.2 Å². The van der Waals surface area contributed by atoms with Crippen LogP contribution in [0, 0.1) is 15.9 Å². The molecule has 1 atom stereocenters. The smallest absolute Gasteiger partial charge is 0.273 e. The number of nitro groups is 1. The fourth-order valence-corrected chi connectivity index (χ4v) is 2.46. The lowest BCUT2D eigenvalue weighted by molar-refractivity contribution is -0.385. The third-order valence-electron chi connectivity index (χ3n) is 2.59. The molecule has 0 radical (unpaired) electrons. The first-order chi connectivity index (χ1) is 8.40. The molecule has 1 aromatic rings. The van der Waals surface area contributed by atoms with E-state index in [0.717, 1.165) is 17.0 Å². The highest BCUT2D eigenvalue weighted by Gasteiger charge is 2.33. The molecule has 1 N–H and O–H groups in total. The summed E-state index contributed by atoms with van der Waals surface area (Å²) in [6.07, 6.45) is -0.929. The second kappa shape index (κ2) is 4.62. The maximum absolute atomic E-state index is 13.8. The standard InChI is InChI=1S/C10H8BrFN2O4/c11-7-1-5(14(17)18)2-8(12)10(7)13-4-6(15)3-9(13)16/h1-2,6,15H,3-4H2. The predicted octanol–water partition coefficient (Wildman–Crippen LogP) is 1.59. The number of carbonyl (C=O) groups excluding carboxylic acids is 1. The van der Waals surface area contributed by atoms with E-state index in [9.17, 15) is 24.4 Å². The molecule has 1 unspecified atom stereocenters. The van der Waals surface area contributed by atoms with Crippen molar-refractivity contribution in [2.45, 2.75) is 12.5 Å². The number of aliphatic hydroxyl groups is 1. The average Bonchev–Trinajstić information content (AvgIpc) is 2.56. The molecule has 1 aliphatic heterocycles. The zero-order chi connectivity index (χ0) is 13.4. The number of benzene rings is 1. The summed E-state index contributed by atoms with van der Waals surface area (Å²) in [6, 6.07) is 1.87. The summed E-state index contributed by atoms with van der Waals surface area (Å²) in [5.74, 6) is -1.30. The molecule has 1 aliphatic rings. The van der Waals surface area contributed by atoms with Gasteiger partial charge in [-0.25, -0.2) is 4.39 Å². The van der Waals surface area contributed by atoms with Gasteiger partial charge in [-0.15, -0.1) is 0 Å². The summed E-state index contributed by atoms with van der Waals surface area (Å²) < 4.78 is 13.9. The number of aliphatic hydroxyl groups excluding tert-OH is 1. The van der Waals surface area contributed by atoms with E-state index in [-0.39, 0.29) is 23.1 Å². The fourth-order valence-electron chi connectivity index (χ4n) is 1.82. The van der Waals surface area contributed by atoms with Gasteiger partial charge in [0.05, 0.1) is 40.2 Å². The van der Waals surface area contributed by atoms with Crippen LogP contribution < -0.4 is 4.90 Å². The molecule has 1 aromatic carbocycles. The Morgan fingerprint density at radius 1 is 1.56 bits per heavy atom. The van der Waals surface area contributed by atoms with Gasteiger partial charge in [-0.3, -0.25) is 14.9 Å². The molecule has 8 heteroatoms. The van der Waals surface area contributed by atoms with Crippen LogP contribution in [0.25, 0.3) is 0 Å². The lowest BCUT2D eigenvalue weighted by Gasteiger charge is -2.18. The zero-order valence-electron chi connectivity index (χ0n) is 8.97. The van der Waals surface area contributed by atoms with Crippen molar-refractivity contribution >= 4 is 33.2 Å². The molecule has 0 bridgehead atoms. The average molecular weight is 319 g/mol. The monoisotopic (exact) mass is 318 g/mol. The molecule has 1 amide bonds. The molecule has 0 saturated carbocycles. The molecule has 1 fully saturated rings. The van der Waals surface area contributed by atoms with Crippen LogP contribution in [0.3, 0.4) is 0 Å². The van der Waals surface area contributed by atoms with Gasteiger partial charge in [-0.05, 0) is 15.9 Å². The Labute approximate surface area is 109 Å². The third-order valence-corrected chi connectivity index (χ3v) is 3.19. The topological polar surface area (TPSA) is 83.7 Å². The maximum Gasteiger partial charge on any atom is 0.273 e. The largest absolute Gasteiger partial charge is 0.391 e. The van der Waals surface area contributed by atoms with Crippen molar-refractivity contribution in [2.75, 3.05) is 11.4 Å². The van der Waals surface area contributed by atoms with Crippen LogP contribution in [-0.2, 0) is 4.79 Å². The fraction of sp³-hybridized carbons (Fsp3) is 0.300. The summed E-state index contributed by atoms with van der Waals surface area (Å²) in [7, 11) is 0. The lowest BCUT2D eigenvalue weighted by Crippen LogP contribution is -2.26. The van der Waals surface area contributed by atoms with Crippen molar-refractivity contribution in [1.82, 2.24) is 0 Å². The Hall–Kier alpha value is -1.54. The van der Waals surface area contributed by atoms with Crippen molar-refractivity contribution in [3.05, 3.63) is 32.5 Å². The quantitative estimate of drug-likeness (QED) is 0.663. The first kappa shape index (κ1) is 12.9. The third kappa shape index (κ3) is 2.21. The van der Waals surface area contributed by atoms with Crippen molar-refractivity contribution in [1.29, 1.82) is 0 Å². The van der Waals surface area contributed by atoms with E-state index in [1.54, 1.807) is 0 Å². The van der Waals surface area contributed by atoms with Crippen LogP contribution in [0.15, 0.2) is 16.6 Å². The zero-order valence-corrected chi connectivity index (χ0v) is 10.6. The van der Waals surface area contributed by atoms with Gasteiger partial charge < -0.3 is 10.0 Å². The molecule has 1 saturated heterocycles. The van der Waals surface area contributed by atoms with Crippen LogP contribution in [0.2, 0.25) is 0 Å². The number of non-ortho nitro benzene ring substituents is 1. The van der Waals surface area contributed by atoms with E-state index in [0.29, 0.717) is 0 Å². The van der Waals surface area contributed by atoms with E-state index < -0.39 is 28.4 Å². The number of carbonyl (C=O) groups is 1. The Kier molecular flexibility index (Phi) is 3.31. The molecular weight excluding hydrogens is 311 g/mol. The number of nitro benzene ring substituents is 1. The number of rotatable bonds is 2. The SMILES string of the molecule is O=C1CC(O)CN1c1c(F)cc([N+](=O)[O-])cc1Br. The van der Waals surface area contributed by atoms with Crippen LogP contribution in [-0.4, -0.2) is 28.6 Å². The highest BCUT2D eigenvalue weighted by Crippen LogP contribution is 2.35. The van der Waals surface area contributed by atoms with Gasteiger partial charge in [0.25, 0.3) is 5.69 Å². The maximum atomic E-state index is 13.8. The molecule has 1 heterocycles. The Bertz CT molecular complexity index is 514. The number of β-amino-alcohol motifs (C(OH)–C–C–N with tert-alkyl or cyclic N) is 1. The van der Waals surface area contributed by atoms with Gasteiger partial charge in [-0.2, -0.15) is 0 Å². The number of amides is 1. The normalized spacial score (nSPS) is 19.4. The molecule has 0 spiro atoms. The van der Waals surface area contributed by atoms with Crippen LogP contribution in [0.4, 0.5) is 15.8 Å². The minimum atomic E-state index is -0.876. The van der Waals surface area contributed by atoms with Gasteiger partial charge in [-0.1, -0.05) is 0 Å². The lowest BCUT2D eigenvalue weighted by atomic mass is 10.2. The minimum Gasteiger partial charge on any atom is -0.391 e. The number of hydrogen-bond acceptors (Lipinski definition) is 4. The van der Waals surface area contributed by atoms with Gasteiger partial charge in [0.1, 0.15) is 0 Å². The van der Waals surface area contributed by atoms with Gasteiger partial charge in [0, 0.05) is 6.07 Å². The first-order valence-corrected chi connectivity index (χ1v) is 5.81. The Morgan fingerprint density at radius 2 is 2.22 bits per heavy atom. The van der Waals surface area contributed by atoms with Crippen molar-refractivity contribution in [3.63, 3.8) is 0 Å². The van der Waals surface area contributed by atoms with Gasteiger partial charge in [0.2, 0.25) is 5.91 Å². The molecule has 96 valence electrons. The second-order valence-electron chi connectivity index (χ2n) is 3.88. The summed E-state index contributed by atoms with van der Waals surface area (Å²) in [4.78, 5) is 22.5. The highest BCUT2D eigenvalue weighted by molar-refractivity contribution is 9.10. The minimum absolute atomic E-state index is 0.0217. The number of nitrogens with zero attached hydrogens (tertiary/aromatic N) is 2. The number of halogens is 2. The summed E-state index contributed by atoms with van der Waals surface area (Å²) >= 11 is 3.00. The summed E-state index contributed by atoms with van der Waals surface area (Å²) in [6.45, 7) is -0.0217. The van der Waals surface area contributed by atoms with Crippen LogP contribution >= 0.6 is 15.9 Å². The van der Waals surface area contributed by atoms with Gasteiger partial charge in [0.15, 0.2) is 5.82 Å². The number of anilines is 1. The van der Waals surface area contributed by atoms with E-state index in [4.69, 9.17) is 0 Å². The molecule has 6 nitrogen and oxygen atoms in total. The number of hydrogen-bond donors (Lipinski definition) is 1. The molecular formula is C10H8BrFN2O4. The highest BCUT2D eigenvalue weighted by atomic mass is 79.9. The van der Waals surface area contributed by atoms with Crippen molar-refractivity contribution in [2.24, 2.45) is 0 Å². The van der Waals surface area contributed by atoms with E-state index >= 15 is 0 Å². The van der Waals surface area contributed by atoms with Gasteiger partial charge >= 0.3 is 0 Å². The van der Waals surface area contributed by atoms with E-state index in [2.05, 4.69) is 15.9 Å². The van der Waals surface area contributed by atoms with Crippen molar-refractivity contribution in [3.8, 4) is 0 Å². The van der Waals surface area contributed by atoms with Crippen LogP contribution in [0.1, 0.15) is 6.42 Å². The molecule has 18 heavy (non-hydrogen) atoms. The molecule has 2 rings (SSSR count).